The van der Waals surface area contributed by atoms with Crippen molar-refractivity contribution < 1.29 is 102 Å². The maximum absolute atomic E-state index is 10.8. The number of halogens is 2. The number of pyridine rings is 1. The van der Waals surface area contributed by atoms with E-state index >= 15 is 0 Å². The van der Waals surface area contributed by atoms with Crippen LogP contribution in [0.4, 0.5) is 4.20 Å². The number of aromatic nitrogens is 1. The first-order valence-corrected chi connectivity index (χ1v) is 7.75. The molecule has 1 heterocycles. The third-order valence-electron chi connectivity index (χ3n) is 2.18. The first-order valence-electron chi connectivity index (χ1n) is 6.29. The summed E-state index contributed by atoms with van der Waals surface area (Å²) in [5, 5.41) is 17.3. The van der Waals surface area contributed by atoms with Crippen molar-refractivity contribution in [2.45, 2.75) is 6.61 Å². The van der Waals surface area contributed by atoms with Crippen molar-refractivity contribution in [3.63, 3.8) is 0 Å². The quantitative estimate of drug-likeness (QED) is 0.245. The smallest absolute Gasteiger partial charge is 1.00 e. The summed E-state index contributed by atoms with van der Waals surface area (Å²) in [6.45, 7) is 0.0286. The van der Waals surface area contributed by atoms with Gasteiger partial charge in [0, 0.05) is 6.20 Å². The number of benzene rings is 1. The third-order valence-corrected chi connectivity index (χ3v) is 2.18. The Morgan fingerprint density at radius 2 is 1.70 bits per heavy atom. The van der Waals surface area contributed by atoms with E-state index in [9.17, 15) is 8.99 Å². The molecule has 1 aromatic carbocycles. The summed E-state index contributed by atoms with van der Waals surface area (Å²) in [6.07, 6.45) is 1.66. The molecule has 0 radical (unpaired) electrons. The molecule has 8 nitrogen and oxygen atoms in total. The van der Waals surface area contributed by atoms with Gasteiger partial charge in [-0.25, -0.2) is 4.79 Å². The number of nitrogens with zero attached hydrogens (tertiary/aromatic N) is 1. The van der Waals surface area contributed by atoms with E-state index in [0.29, 0.717) is 11.3 Å². The Hall–Kier alpha value is -0.390. The summed E-state index contributed by atoms with van der Waals surface area (Å²) in [5.74, 6) is -0.261. The van der Waals surface area contributed by atoms with E-state index in [1.807, 2.05) is 12.1 Å². The first-order chi connectivity index (χ1) is 11.2. The van der Waals surface area contributed by atoms with Crippen LogP contribution in [0.5, 0.6) is 5.75 Å². The number of aliphatic hydroxyl groups excluding tert-OH is 1. The molecule has 140 valence electrons. The minimum absolute atomic E-state index is 0. The summed E-state index contributed by atoms with van der Waals surface area (Å²) < 4.78 is 23.2. The van der Waals surface area contributed by atoms with Crippen LogP contribution in [-0.4, -0.2) is 33.2 Å². The maximum atomic E-state index is 10.8. The van der Waals surface area contributed by atoms with Crippen LogP contribution in [0.3, 0.4) is 0 Å². The molecule has 0 spiro atoms. The minimum atomic E-state index is -5.39. The second kappa shape index (κ2) is 18.9. The minimum Gasteiger partial charge on any atom is -1.00 e. The predicted molar refractivity (Wildman–Crippen MR) is 80.5 cm³/mol. The Bertz CT molecular complexity index is 652. The van der Waals surface area contributed by atoms with Crippen molar-refractivity contribution >= 4 is 13.9 Å². The fourth-order valence-electron chi connectivity index (χ4n) is 1.21. The van der Waals surface area contributed by atoms with Crippen LogP contribution in [0.2, 0.25) is 0 Å². The normalized spacial score (nSPS) is 10.4. The summed E-state index contributed by atoms with van der Waals surface area (Å²) in [7, 11) is -4.07. The number of carbonyl (C=O) groups is 1. The van der Waals surface area contributed by atoms with Gasteiger partial charge < -0.3 is 29.4 Å². The van der Waals surface area contributed by atoms with Gasteiger partial charge in [0.15, 0.2) is 0 Å². The summed E-state index contributed by atoms with van der Waals surface area (Å²) in [4.78, 5) is 30.1. The molecule has 0 aliphatic carbocycles. The number of rotatable bonds is 2. The Kier molecular flexibility index (Phi) is 24.0. The van der Waals surface area contributed by atoms with E-state index in [1.165, 1.54) is 31.4 Å². The molecule has 0 amide bonds. The van der Waals surface area contributed by atoms with E-state index in [1.54, 1.807) is 12.3 Å². The molecule has 0 saturated heterocycles. The number of esters is 1. The van der Waals surface area contributed by atoms with E-state index in [-0.39, 0.29) is 76.2 Å². The molecular formula is C14H16F2NNa2O7P. The van der Waals surface area contributed by atoms with Crippen LogP contribution in [0.15, 0.2) is 48.7 Å². The number of methoxy groups -OCH3 is 1. The van der Waals surface area contributed by atoms with E-state index in [0.717, 1.165) is 0 Å². The summed E-state index contributed by atoms with van der Waals surface area (Å²) >= 11 is 0. The van der Waals surface area contributed by atoms with E-state index < -0.39 is 13.9 Å². The molecule has 0 aliphatic heterocycles. The van der Waals surface area contributed by atoms with Crippen LogP contribution in [0.1, 0.15) is 16.1 Å². The molecule has 0 bridgehead atoms. The molecule has 2 aromatic rings. The van der Waals surface area contributed by atoms with Gasteiger partial charge in [-0.15, -0.1) is 0 Å². The fourth-order valence-corrected chi connectivity index (χ4v) is 1.21. The average Bonchev–Trinajstić information content (AvgIpc) is 2.54. The standard InChI is InChI=1S/C8H8O3.C6H7NO.FH2O3P.FH.2Na/c1-11-8(10)6-2-4-7(9)5-3-6;8-5-6-3-1-2-4-7-6;1-5(2,3)4;;;/h2-5,9H,1H3;1-4,8H,5H2;(H2,2,3,4);1H;;/q;;;;2*+1/p-2. The Morgan fingerprint density at radius 1 is 1.22 bits per heavy atom. The fraction of sp³-hybridized carbons (Fsp3) is 0.143. The number of ether oxygens (including phenoxy) is 1. The topological polar surface area (TPSA) is 140 Å². The van der Waals surface area contributed by atoms with Crippen molar-refractivity contribution in [3.8, 4) is 5.75 Å². The maximum Gasteiger partial charge on any atom is 1.00 e. The number of phenolic OH excluding ortho intramolecular Hbond substituents is 1. The van der Waals surface area contributed by atoms with Crippen LogP contribution in [-0.2, 0) is 15.9 Å². The molecule has 0 aliphatic rings. The molecule has 3 N–H and O–H groups in total. The van der Waals surface area contributed by atoms with Gasteiger partial charge in [-0.05, 0) is 36.4 Å². The zero-order valence-corrected chi connectivity index (χ0v) is 19.8. The van der Waals surface area contributed by atoms with Gasteiger partial charge in [-0.2, -0.15) is 4.20 Å². The van der Waals surface area contributed by atoms with Gasteiger partial charge in [-0.1, -0.05) is 6.07 Å². The number of phenols is 1. The van der Waals surface area contributed by atoms with Gasteiger partial charge in [0.05, 0.1) is 25.0 Å². The van der Waals surface area contributed by atoms with Crippen LogP contribution in [0.25, 0.3) is 0 Å². The number of hydrogen-bond acceptors (Lipinski definition) is 7. The van der Waals surface area contributed by atoms with Gasteiger partial charge in [0.2, 0.25) is 0 Å². The summed E-state index contributed by atoms with van der Waals surface area (Å²) in [5.41, 5.74) is 1.15. The van der Waals surface area contributed by atoms with Crippen molar-refractivity contribution in [3.05, 3.63) is 59.9 Å². The van der Waals surface area contributed by atoms with Crippen LogP contribution < -0.4 is 68.7 Å². The molecule has 0 fully saturated rings. The second-order valence-corrected chi connectivity index (χ2v) is 4.87. The second-order valence-electron chi connectivity index (χ2n) is 3.97. The largest absolute Gasteiger partial charge is 1.00 e. The monoisotopic (exact) mass is 425 g/mol. The molecule has 1 unspecified atom stereocenters. The molecule has 1 aromatic heterocycles. The molecular weight excluding hydrogens is 409 g/mol. The number of carbonyl (C=O) groups excluding carboxylic acids is 1. The van der Waals surface area contributed by atoms with Crippen LogP contribution >= 0.6 is 7.91 Å². The van der Waals surface area contributed by atoms with Crippen molar-refractivity contribution in [2.24, 2.45) is 0 Å². The van der Waals surface area contributed by atoms with Gasteiger partial charge in [0.25, 0.3) is 0 Å². The van der Waals surface area contributed by atoms with Crippen molar-refractivity contribution in [2.75, 3.05) is 7.11 Å². The average molecular weight is 425 g/mol. The van der Waals surface area contributed by atoms with E-state index in [4.69, 9.17) is 24.6 Å². The van der Waals surface area contributed by atoms with Crippen molar-refractivity contribution in [1.82, 2.24) is 4.98 Å². The molecule has 0 saturated carbocycles. The van der Waals surface area contributed by atoms with E-state index in [2.05, 4.69) is 9.72 Å². The Balaban J connectivity index is -0.000000148. The first kappa shape index (κ1) is 34.1. The molecule has 13 heteroatoms. The molecule has 27 heavy (non-hydrogen) atoms. The number of hydrogen-bond donors (Lipinski definition) is 3. The summed E-state index contributed by atoms with van der Waals surface area (Å²) in [6, 6.07) is 11.3. The van der Waals surface area contributed by atoms with Gasteiger partial charge >= 0.3 is 73.0 Å². The zero-order chi connectivity index (χ0) is 18.6. The molecule has 2 rings (SSSR count). The van der Waals surface area contributed by atoms with Crippen LogP contribution in [0, 0.1) is 0 Å². The third kappa shape index (κ3) is 21.8. The number of aliphatic hydroxyl groups is 1. The Labute approximate surface area is 199 Å². The van der Waals surface area contributed by atoms with Gasteiger partial charge in [-0.3, -0.25) is 9.55 Å². The number of aromatic hydroxyl groups is 1. The Morgan fingerprint density at radius 3 is 2.00 bits per heavy atom. The molecule has 1 atom stereocenters. The SMILES string of the molecule is COC(=O)c1ccc(O)cc1.O=P([O-])(O)F.OCc1ccccn1.[F-].[Na+].[Na+]. The predicted octanol–water partition coefficient (Wildman–Crippen LogP) is -7.82. The zero-order valence-electron chi connectivity index (χ0n) is 15.0. The van der Waals surface area contributed by atoms with Crippen molar-refractivity contribution in [1.29, 1.82) is 0 Å². The van der Waals surface area contributed by atoms with Gasteiger partial charge in [0.1, 0.15) is 5.75 Å².